The van der Waals surface area contributed by atoms with E-state index in [0.29, 0.717) is 33.6 Å². The fourth-order valence-electron chi connectivity index (χ4n) is 2.07. The number of rotatable bonds is 7. The van der Waals surface area contributed by atoms with Gasteiger partial charge in [0, 0.05) is 16.6 Å². The quantitative estimate of drug-likeness (QED) is 0.573. The van der Waals surface area contributed by atoms with Crippen molar-refractivity contribution in [1.29, 1.82) is 0 Å². The van der Waals surface area contributed by atoms with Gasteiger partial charge in [0.25, 0.3) is 5.91 Å². The molecule has 8 heteroatoms. The molecule has 0 saturated carbocycles. The molecule has 0 bridgehead atoms. The molecule has 5 nitrogen and oxygen atoms in total. The molecule has 2 amide bonds. The van der Waals surface area contributed by atoms with Gasteiger partial charge in [-0.15, -0.1) is 0 Å². The fourth-order valence-corrected chi connectivity index (χ4v) is 2.96. The van der Waals surface area contributed by atoms with E-state index in [1.165, 1.54) is 0 Å². The van der Waals surface area contributed by atoms with Crippen LogP contribution >= 0.6 is 39.1 Å². The number of amides is 2. The molecular formula is C18H17BrCl2N2O3. The topological polar surface area (TPSA) is 67.4 Å². The minimum Gasteiger partial charge on any atom is -0.482 e. The first-order valence-corrected chi connectivity index (χ1v) is 9.41. The number of carbonyl (C=O) groups excluding carboxylic acids is 2. The van der Waals surface area contributed by atoms with Crippen LogP contribution in [0.15, 0.2) is 40.9 Å². The van der Waals surface area contributed by atoms with Crippen LogP contribution in [0.1, 0.15) is 19.8 Å². The summed E-state index contributed by atoms with van der Waals surface area (Å²) in [5, 5.41) is 6.16. The van der Waals surface area contributed by atoms with Gasteiger partial charge in [0.1, 0.15) is 5.75 Å². The molecule has 0 radical (unpaired) electrons. The monoisotopic (exact) mass is 458 g/mol. The minimum absolute atomic E-state index is 0.0969. The van der Waals surface area contributed by atoms with Gasteiger partial charge >= 0.3 is 0 Å². The van der Waals surface area contributed by atoms with E-state index in [2.05, 4.69) is 26.6 Å². The van der Waals surface area contributed by atoms with E-state index in [9.17, 15) is 9.59 Å². The average molecular weight is 460 g/mol. The van der Waals surface area contributed by atoms with Crippen molar-refractivity contribution in [2.75, 3.05) is 17.2 Å². The second-order valence-electron chi connectivity index (χ2n) is 5.40. The molecule has 0 heterocycles. The number of nitrogens with one attached hydrogen (secondary N) is 2. The predicted octanol–water partition coefficient (Wildman–Crippen LogP) is 5.51. The Morgan fingerprint density at radius 3 is 2.50 bits per heavy atom. The molecule has 26 heavy (non-hydrogen) atoms. The third kappa shape index (κ3) is 6.20. The molecule has 2 aromatic rings. The Labute approximate surface area is 170 Å². The zero-order chi connectivity index (χ0) is 19.1. The fraction of sp³-hybridized carbons (Fsp3) is 0.222. The SMILES string of the molecule is CCCC(=O)Nc1ccc(Cl)c(NC(=O)COc2ccc(Br)cc2Cl)c1. The van der Waals surface area contributed by atoms with Crippen molar-refractivity contribution in [1.82, 2.24) is 0 Å². The highest BCUT2D eigenvalue weighted by Gasteiger charge is 2.10. The van der Waals surface area contributed by atoms with Crippen molar-refractivity contribution in [3.63, 3.8) is 0 Å². The predicted molar refractivity (Wildman–Crippen MR) is 108 cm³/mol. The Morgan fingerprint density at radius 2 is 1.81 bits per heavy atom. The van der Waals surface area contributed by atoms with Gasteiger partial charge in [-0.05, 0) is 42.8 Å². The van der Waals surface area contributed by atoms with Gasteiger partial charge in [0.05, 0.1) is 15.7 Å². The highest BCUT2D eigenvalue weighted by molar-refractivity contribution is 9.10. The van der Waals surface area contributed by atoms with E-state index in [0.717, 1.165) is 10.9 Å². The van der Waals surface area contributed by atoms with Crippen molar-refractivity contribution in [3.05, 3.63) is 50.9 Å². The van der Waals surface area contributed by atoms with Gasteiger partial charge in [-0.25, -0.2) is 0 Å². The van der Waals surface area contributed by atoms with Crippen LogP contribution in [0.3, 0.4) is 0 Å². The molecule has 0 atom stereocenters. The van der Waals surface area contributed by atoms with Crippen LogP contribution in [0.25, 0.3) is 0 Å². The van der Waals surface area contributed by atoms with Gasteiger partial charge in [-0.2, -0.15) is 0 Å². The second kappa shape index (κ2) is 9.80. The van der Waals surface area contributed by atoms with Crippen molar-refractivity contribution in [2.45, 2.75) is 19.8 Å². The smallest absolute Gasteiger partial charge is 0.262 e. The maximum absolute atomic E-state index is 12.1. The summed E-state index contributed by atoms with van der Waals surface area (Å²) in [5.74, 6) is -0.0973. The second-order valence-corrected chi connectivity index (χ2v) is 7.13. The Hall–Kier alpha value is -1.76. The maximum Gasteiger partial charge on any atom is 0.262 e. The standard InChI is InChI=1S/C18H17BrCl2N2O3/c1-2-3-17(24)22-12-5-6-13(20)15(9-12)23-18(25)10-26-16-7-4-11(19)8-14(16)21/h4-9H,2-3,10H2,1H3,(H,22,24)(H,23,25). The zero-order valence-corrected chi connectivity index (χ0v) is 17.0. The summed E-state index contributed by atoms with van der Waals surface area (Å²) in [6, 6.07) is 9.97. The number of halogens is 3. The number of carbonyl (C=O) groups is 2. The lowest BCUT2D eigenvalue weighted by Crippen LogP contribution is -2.20. The van der Waals surface area contributed by atoms with E-state index in [1.807, 2.05) is 6.92 Å². The van der Waals surface area contributed by atoms with Crippen molar-refractivity contribution >= 4 is 62.3 Å². The van der Waals surface area contributed by atoms with Crippen LogP contribution < -0.4 is 15.4 Å². The molecule has 2 aromatic carbocycles. The maximum atomic E-state index is 12.1. The summed E-state index contributed by atoms with van der Waals surface area (Å²) in [7, 11) is 0. The molecule has 0 saturated heterocycles. The van der Waals surface area contributed by atoms with Gasteiger partial charge in [-0.3, -0.25) is 9.59 Å². The molecule has 2 rings (SSSR count). The van der Waals surface area contributed by atoms with Crippen molar-refractivity contribution in [3.8, 4) is 5.75 Å². The van der Waals surface area contributed by atoms with E-state index < -0.39 is 5.91 Å². The summed E-state index contributed by atoms with van der Waals surface area (Å²) in [5.41, 5.74) is 0.941. The molecule has 2 N–H and O–H groups in total. The first kappa shape index (κ1) is 20.6. The lowest BCUT2D eigenvalue weighted by atomic mass is 10.2. The number of hydrogen-bond donors (Lipinski definition) is 2. The Kier molecular flexibility index (Phi) is 7.75. The van der Waals surface area contributed by atoms with Gasteiger partial charge in [-0.1, -0.05) is 46.1 Å². The normalized spacial score (nSPS) is 10.3. The number of benzene rings is 2. The van der Waals surface area contributed by atoms with Crippen LogP contribution in [-0.2, 0) is 9.59 Å². The molecule has 0 spiro atoms. The third-order valence-electron chi connectivity index (χ3n) is 3.25. The molecule has 0 aliphatic heterocycles. The molecule has 0 aliphatic rings. The Balaban J connectivity index is 1.98. The largest absolute Gasteiger partial charge is 0.482 e. The van der Waals surface area contributed by atoms with Crippen LogP contribution in [0.5, 0.6) is 5.75 Å². The number of ether oxygens (including phenoxy) is 1. The van der Waals surface area contributed by atoms with Crippen molar-refractivity contribution < 1.29 is 14.3 Å². The van der Waals surface area contributed by atoms with E-state index >= 15 is 0 Å². The van der Waals surface area contributed by atoms with Crippen LogP contribution in [-0.4, -0.2) is 18.4 Å². The van der Waals surface area contributed by atoms with E-state index in [1.54, 1.807) is 36.4 Å². The lowest BCUT2D eigenvalue weighted by molar-refractivity contribution is -0.118. The summed E-state index contributed by atoms with van der Waals surface area (Å²) in [4.78, 5) is 23.8. The Morgan fingerprint density at radius 1 is 1.04 bits per heavy atom. The first-order chi connectivity index (χ1) is 12.4. The molecular weight excluding hydrogens is 443 g/mol. The third-order valence-corrected chi connectivity index (χ3v) is 4.37. The van der Waals surface area contributed by atoms with E-state index in [-0.39, 0.29) is 12.5 Å². The van der Waals surface area contributed by atoms with Gasteiger partial charge in [0.15, 0.2) is 6.61 Å². The molecule has 0 unspecified atom stereocenters. The van der Waals surface area contributed by atoms with E-state index in [4.69, 9.17) is 27.9 Å². The lowest BCUT2D eigenvalue weighted by Gasteiger charge is -2.12. The van der Waals surface area contributed by atoms with Crippen LogP contribution in [0.2, 0.25) is 10.0 Å². The van der Waals surface area contributed by atoms with Crippen LogP contribution in [0.4, 0.5) is 11.4 Å². The average Bonchev–Trinajstić information content (AvgIpc) is 2.57. The minimum atomic E-state index is -0.400. The van der Waals surface area contributed by atoms with Gasteiger partial charge in [0.2, 0.25) is 5.91 Å². The Bertz CT molecular complexity index is 815. The summed E-state index contributed by atoms with van der Waals surface area (Å²) >= 11 is 15.4. The molecule has 0 aliphatic carbocycles. The number of anilines is 2. The molecule has 0 fully saturated rings. The summed E-state index contributed by atoms with van der Waals surface area (Å²) in [6.07, 6.45) is 1.17. The van der Waals surface area contributed by atoms with Crippen LogP contribution in [0, 0.1) is 0 Å². The highest BCUT2D eigenvalue weighted by atomic mass is 79.9. The summed E-state index contributed by atoms with van der Waals surface area (Å²) in [6.45, 7) is 1.69. The molecule has 0 aromatic heterocycles. The highest BCUT2D eigenvalue weighted by Crippen LogP contribution is 2.28. The van der Waals surface area contributed by atoms with Gasteiger partial charge < -0.3 is 15.4 Å². The zero-order valence-electron chi connectivity index (χ0n) is 13.9. The number of hydrogen-bond acceptors (Lipinski definition) is 3. The van der Waals surface area contributed by atoms with Crippen molar-refractivity contribution in [2.24, 2.45) is 0 Å². The first-order valence-electron chi connectivity index (χ1n) is 7.86. The molecule has 138 valence electrons. The summed E-state index contributed by atoms with van der Waals surface area (Å²) < 4.78 is 6.23.